The van der Waals surface area contributed by atoms with Crippen LogP contribution in [-0.2, 0) is 14.3 Å². The first-order valence-corrected chi connectivity index (χ1v) is 10.7. The molecule has 5 nitrogen and oxygen atoms in total. The van der Waals surface area contributed by atoms with Gasteiger partial charge in [0.2, 0.25) is 5.12 Å². The predicted octanol–water partition coefficient (Wildman–Crippen LogP) is 5.18. The molecule has 28 heavy (non-hydrogen) atoms. The van der Waals surface area contributed by atoms with Crippen LogP contribution in [0.15, 0.2) is 36.1 Å². The molecule has 150 valence electrons. The maximum Gasteiger partial charge on any atom is 0.262 e. The molecule has 0 saturated heterocycles. The minimum absolute atomic E-state index is 0.0176. The highest BCUT2D eigenvalue weighted by molar-refractivity contribution is 8.15. The quantitative estimate of drug-likeness (QED) is 0.518. The smallest absolute Gasteiger partial charge is 0.262 e. The Balaban J connectivity index is 1.81. The number of anilines is 1. The SMILES string of the molecule is CCCCCCCCC1(C)SC(=O)C=C1OCC(=O)Nc1ccc(C#N)cc1. The second kappa shape index (κ2) is 10.9. The van der Waals surface area contributed by atoms with Gasteiger partial charge in [-0.1, -0.05) is 57.2 Å². The third kappa shape index (κ3) is 6.72. The average Bonchev–Trinajstić information content (AvgIpc) is 2.97. The Bertz CT molecular complexity index is 752. The molecule has 1 aromatic carbocycles. The Morgan fingerprint density at radius 2 is 1.86 bits per heavy atom. The zero-order chi connectivity index (χ0) is 20.4. The molecule has 1 aliphatic rings. The van der Waals surface area contributed by atoms with Gasteiger partial charge in [-0.2, -0.15) is 5.26 Å². The lowest BCUT2D eigenvalue weighted by Crippen LogP contribution is -2.26. The van der Waals surface area contributed by atoms with Gasteiger partial charge in [0.05, 0.1) is 16.4 Å². The number of carbonyl (C=O) groups is 2. The molecular weight excluding hydrogens is 372 g/mol. The standard InChI is InChI=1S/C22H28N2O3S/c1-3-4-5-6-7-8-13-22(2)19(14-21(26)28-22)27-16-20(25)24-18-11-9-17(15-23)10-12-18/h9-12,14H,3-8,13,16H2,1-2H3,(H,24,25). The van der Waals surface area contributed by atoms with Gasteiger partial charge >= 0.3 is 0 Å². The Morgan fingerprint density at radius 1 is 1.18 bits per heavy atom. The van der Waals surface area contributed by atoms with Crippen LogP contribution in [0.1, 0.15) is 64.4 Å². The summed E-state index contributed by atoms with van der Waals surface area (Å²) < 4.78 is 5.33. The summed E-state index contributed by atoms with van der Waals surface area (Å²) in [6.45, 7) is 4.07. The highest BCUT2D eigenvalue weighted by Gasteiger charge is 2.39. The summed E-state index contributed by atoms with van der Waals surface area (Å²) in [6, 6.07) is 8.67. The molecule has 0 bridgehead atoms. The molecule has 1 aromatic rings. The Hall–Kier alpha value is -2.26. The number of ether oxygens (including phenoxy) is 1. The molecule has 1 atom stereocenters. The molecule has 0 spiro atoms. The van der Waals surface area contributed by atoms with Crippen molar-refractivity contribution in [2.24, 2.45) is 0 Å². The maximum atomic E-state index is 12.2. The van der Waals surface area contributed by atoms with Gasteiger partial charge in [-0.15, -0.1) is 0 Å². The van der Waals surface area contributed by atoms with E-state index in [2.05, 4.69) is 12.2 Å². The molecule has 0 radical (unpaired) electrons. The van der Waals surface area contributed by atoms with Crippen LogP contribution in [0.4, 0.5) is 5.69 Å². The number of benzene rings is 1. The van der Waals surface area contributed by atoms with E-state index in [1.807, 2.05) is 13.0 Å². The third-order valence-corrected chi connectivity index (χ3v) is 5.93. The van der Waals surface area contributed by atoms with Crippen LogP contribution < -0.4 is 5.32 Å². The molecule has 1 N–H and O–H groups in total. The van der Waals surface area contributed by atoms with Gasteiger partial charge in [-0.05, 0) is 37.6 Å². The maximum absolute atomic E-state index is 12.2. The number of nitrogens with one attached hydrogen (secondary N) is 1. The van der Waals surface area contributed by atoms with Gasteiger partial charge in [0.15, 0.2) is 6.61 Å². The summed E-state index contributed by atoms with van der Waals surface area (Å²) in [5.74, 6) is 0.294. The Labute approximate surface area is 171 Å². The summed E-state index contributed by atoms with van der Waals surface area (Å²) in [6.07, 6.45) is 9.54. The van der Waals surface area contributed by atoms with Gasteiger partial charge in [0.25, 0.3) is 5.91 Å². The average molecular weight is 401 g/mol. The lowest BCUT2D eigenvalue weighted by Gasteiger charge is -2.26. The minimum Gasteiger partial charge on any atom is -0.486 e. The number of thioether (sulfide) groups is 1. The topological polar surface area (TPSA) is 79.2 Å². The molecule has 0 aromatic heterocycles. The van der Waals surface area contributed by atoms with Crippen molar-refractivity contribution in [2.45, 2.75) is 63.5 Å². The molecule has 6 heteroatoms. The first kappa shape index (κ1) is 22.0. The van der Waals surface area contributed by atoms with Crippen LogP contribution >= 0.6 is 11.8 Å². The van der Waals surface area contributed by atoms with Gasteiger partial charge in [-0.3, -0.25) is 9.59 Å². The number of nitrogens with zero attached hydrogens (tertiary/aromatic N) is 1. The zero-order valence-corrected chi connectivity index (χ0v) is 17.4. The monoisotopic (exact) mass is 400 g/mol. The molecule has 1 aliphatic heterocycles. The van der Waals surface area contributed by atoms with Crippen molar-refractivity contribution in [2.75, 3.05) is 11.9 Å². The zero-order valence-electron chi connectivity index (χ0n) is 16.6. The van der Waals surface area contributed by atoms with E-state index in [0.29, 0.717) is 17.0 Å². The number of unbranched alkanes of at least 4 members (excludes halogenated alkanes) is 5. The lowest BCUT2D eigenvalue weighted by atomic mass is 9.99. The Morgan fingerprint density at radius 3 is 2.54 bits per heavy atom. The highest BCUT2D eigenvalue weighted by atomic mass is 32.2. The van der Waals surface area contributed by atoms with Gasteiger partial charge in [0, 0.05) is 11.8 Å². The first-order chi connectivity index (χ1) is 13.5. The molecule has 1 unspecified atom stereocenters. The minimum atomic E-state index is -0.392. The van der Waals surface area contributed by atoms with E-state index in [-0.39, 0.29) is 17.6 Å². The van der Waals surface area contributed by atoms with Crippen molar-refractivity contribution >= 4 is 28.5 Å². The second-order valence-corrected chi connectivity index (χ2v) is 8.71. The Kier molecular flexibility index (Phi) is 8.59. The van der Waals surface area contributed by atoms with Crippen molar-refractivity contribution in [3.05, 3.63) is 41.7 Å². The number of rotatable bonds is 11. The van der Waals surface area contributed by atoms with Crippen molar-refractivity contribution < 1.29 is 14.3 Å². The predicted molar refractivity (Wildman–Crippen MR) is 113 cm³/mol. The van der Waals surface area contributed by atoms with Crippen molar-refractivity contribution in [3.8, 4) is 6.07 Å². The van der Waals surface area contributed by atoms with E-state index in [9.17, 15) is 9.59 Å². The molecule has 1 heterocycles. The molecule has 1 amide bonds. The van der Waals surface area contributed by atoms with E-state index >= 15 is 0 Å². The van der Waals surface area contributed by atoms with E-state index in [4.69, 9.17) is 10.00 Å². The first-order valence-electron chi connectivity index (χ1n) is 9.85. The summed E-state index contributed by atoms with van der Waals surface area (Å²) in [7, 11) is 0. The fourth-order valence-corrected chi connectivity index (χ4v) is 4.22. The number of amides is 1. The van der Waals surface area contributed by atoms with Crippen LogP contribution in [0.25, 0.3) is 0 Å². The van der Waals surface area contributed by atoms with Crippen LogP contribution in [0, 0.1) is 11.3 Å². The molecule has 0 aliphatic carbocycles. The van der Waals surface area contributed by atoms with Crippen molar-refractivity contribution in [3.63, 3.8) is 0 Å². The molecule has 0 saturated carbocycles. The van der Waals surface area contributed by atoms with Gasteiger partial charge in [0.1, 0.15) is 5.76 Å². The molecular formula is C22H28N2O3S. The largest absolute Gasteiger partial charge is 0.486 e. The number of nitriles is 1. The lowest BCUT2D eigenvalue weighted by molar-refractivity contribution is -0.119. The molecule has 0 fully saturated rings. The fraction of sp³-hybridized carbons (Fsp3) is 0.500. The van der Waals surface area contributed by atoms with Gasteiger partial charge < -0.3 is 10.1 Å². The number of hydrogen-bond donors (Lipinski definition) is 1. The summed E-state index contributed by atoms with van der Waals surface area (Å²) in [5, 5.41) is 11.5. The van der Waals surface area contributed by atoms with Crippen LogP contribution in [0.5, 0.6) is 0 Å². The summed E-state index contributed by atoms with van der Waals surface area (Å²) in [5.41, 5.74) is 1.14. The van der Waals surface area contributed by atoms with Crippen LogP contribution in [-0.4, -0.2) is 22.4 Å². The summed E-state index contributed by atoms with van der Waals surface area (Å²) in [4.78, 5) is 24.1. The van der Waals surface area contributed by atoms with Gasteiger partial charge in [-0.25, -0.2) is 0 Å². The van der Waals surface area contributed by atoms with E-state index in [0.717, 1.165) is 19.3 Å². The van der Waals surface area contributed by atoms with E-state index < -0.39 is 4.75 Å². The van der Waals surface area contributed by atoms with Crippen molar-refractivity contribution in [1.82, 2.24) is 0 Å². The third-order valence-electron chi connectivity index (χ3n) is 4.76. The van der Waals surface area contributed by atoms with E-state index in [1.165, 1.54) is 43.5 Å². The molecule has 2 rings (SSSR count). The number of hydrogen-bond acceptors (Lipinski definition) is 5. The fourth-order valence-electron chi connectivity index (χ4n) is 3.14. The summed E-state index contributed by atoms with van der Waals surface area (Å²) >= 11 is 1.29. The van der Waals surface area contributed by atoms with E-state index in [1.54, 1.807) is 24.3 Å². The highest BCUT2D eigenvalue weighted by Crippen LogP contribution is 2.44. The van der Waals surface area contributed by atoms with Crippen LogP contribution in [0.2, 0.25) is 0 Å². The second-order valence-electron chi connectivity index (χ2n) is 7.20. The normalized spacial score (nSPS) is 18.5. The number of carbonyl (C=O) groups excluding carboxylic acids is 2. The van der Waals surface area contributed by atoms with Crippen LogP contribution in [0.3, 0.4) is 0 Å². The van der Waals surface area contributed by atoms with Crippen molar-refractivity contribution in [1.29, 1.82) is 5.26 Å².